The molecule has 0 saturated carbocycles. The molecule has 0 radical (unpaired) electrons. The lowest BCUT2D eigenvalue weighted by Crippen LogP contribution is -2.52. The Kier molecular flexibility index (Phi) is 9.53. The number of primary amides is 1. The first-order valence-electron chi connectivity index (χ1n) is 12.3. The van der Waals surface area contributed by atoms with Crippen LogP contribution in [0.5, 0.6) is 0 Å². The largest absolute Gasteiger partial charge is 0.384 e. The highest BCUT2D eigenvalue weighted by atomic mass is 16.2. The number of hydrogen-bond acceptors (Lipinski definition) is 5. The molecule has 3 aromatic carbocycles. The van der Waals surface area contributed by atoms with E-state index in [4.69, 9.17) is 16.9 Å². The Morgan fingerprint density at radius 3 is 1.64 bits per heavy atom. The molecule has 0 fully saturated rings. The Morgan fingerprint density at radius 2 is 1.15 bits per heavy atom. The molecule has 10 heteroatoms. The van der Waals surface area contributed by atoms with Gasteiger partial charge in [0, 0.05) is 11.1 Å². The van der Waals surface area contributed by atoms with E-state index in [0.29, 0.717) is 16.7 Å². The first kappa shape index (κ1) is 28.6. The van der Waals surface area contributed by atoms with Crippen LogP contribution in [0.1, 0.15) is 53.0 Å². The second-order valence-electron chi connectivity index (χ2n) is 9.30. The minimum absolute atomic E-state index is 0.200. The Hall–Kier alpha value is -4.99. The average molecular weight is 529 g/mol. The first-order chi connectivity index (χ1) is 18.6. The zero-order valence-electron chi connectivity index (χ0n) is 21.7. The van der Waals surface area contributed by atoms with Gasteiger partial charge >= 0.3 is 0 Å². The molecule has 0 aromatic heterocycles. The summed E-state index contributed by atoms with van der Waals surface area (Å²) in [5.74, 6) is -3.02. The van der Waals surface area contributed by atoms with Gasteiger partial charge in [-0.3, -0.25) is 24.6 Å². The molecule has 39 heavy (non-hydrogen) atoms. The van der Waals surface area contributed by atoms with E-state index in [2.05, 4.69) is 16.0 Å². The third-order valence-corrected chi connectivity index (χ3v) is 6.06. The van der Waals surface area contributed by atoms with Gasteiger partial charge in [0.25, 0.3) is 5.91 Å². The summed E-state index contributed by atoms with van der Waals surface area (Å²) in [4.78, 5) is 52.1. The topological polar surface area (TPSA) is 180 Å². The molecule has 3 atom stereocenters. The molecule has 3 aromatic rings. The number of hydrogen-bond donors (Lipinski definition) is 6. The Labute approximate surface area is 226 Å². The Balaban J connectivity index is 1.93. The summed E-state index contributed by atoms with van der Waals surface area (Å²) < 4.78 is 0. The summed E-state index contributed by atoms with van der Waals surface area (Å²) in [7, 11) is 0. The molecule has 8 N–H and O–H groups in total. The number of carbonyl (C=O) groups is 4. The van der Waals surface area contributed by atoms with Gasteiger partial charge in [0.15, 0.2) is 0 Å². The molecular formula is C29H32N6O4. The van der Waals surface area contributed by atoms with Gasteiger partial charge in [-0.1, -0.05) is 86.6 Å². The summed E-state index contributed by atoms with van der Waals surface area (Å²) in [6.07, 6.45) is 0. The van der Waals surface area contributed by atoms with E-state index < -0.39 is 41.8 Å². The van der Waals surface area contributed by atoms with Crippen LogP contribution in [0.4, 0.5) is 0 Å². The SMILES string of the molecule is CC(C)[C@H](NC(=O)C(NC(=O)[C@H](NC(=O)c1cccc(C(=N)N)c1)c1ccccc1)c1ccccc1)C(N)=O. The molecular weight excluding hydrogens is 496 g/mol. The molecule has 0 bridgehead atoms. The molecule has 3 rings (SSSR count). The van der Waals surface area contributed by atoms with Crippen molar-refractivity contribution in [3.63, 3.8) is 0 Å². The molecule has 0 saturated heterocycles. The molecule has 0 heterocycles. The maximum atomic E-state index is 13.7. The van der Waals surface area contributed by atoms with Crippen molar-refractivity contribution in [3.8, 4) is 0 Å². The lowest BCUT2D eigenvalue weighted by atomic mass is 10.00. The first-order valence-corrected chi connectivity index (χ1v) is 12.3. The Bertz CT molecular complexity index is 1340. The van der Waals surface area contributed by atoms with Crippen LogP contribution in [-0.2, 0) is 14.4 Å². The molecule has 10 nitrogen and oxygen atoms in total. The maximum Gasteiger partial charge on any atom is 0.252 e. The number of nitrogen functional groups attached to an aromatic ring is 1. The molecule has 0 aliphatic heterocycles. The normalized spacial score (nSPS) is 13.0. The minimum atomic E-state index is -1.18. The van der Waals surface area contributed by atoms with Gasteiger partial charge in [0.05, 0.1) is 0 Å². The van der Waals surface area contributed by atoms with Crippen LogP contribution in [0.2, 0.25) is 0 Å². The van der Waals surface area contributed by atoms with Crippen molar-refractivity contribution >= 4 is 29.5 Å². The van der Waals surface area contributed by atoms with Gasteiger partial charge in [-0.15, -0.1) is 0 Å². The standard InChI is InChI=1S/C29H32N6O4/c1-17(2)22(26(32)36)33-28(38)24(19-12-7-4-8-13-19)35-29(39)23(18-10-5-3-6-11-18)34-27(37)21-15-9-14-20(16-21)25(30)31/h3-17,22-24H,1-2H3,(H3,30,31)(H2,32,36)(H,33,38)(H,34,37)(H,35,39)/t22-,23+,24?/m0/s1. The molecule has 202 valence electrons. The van der Waals surface area contributed by atoms with Gasteiger partial charge in [0.1, 0.15) is 24.0 Å². The van der Waals surface area contributed by atoms with E-state index in [-0.39, 0.29) is 17.3 Å². The third-order valence-electron chi connectivity index (χ3n) is 6.06. The van der Waals surface area contributed by atoms with Crippen molar-refractivity contribution in [2.75, 3.05) is 0 Å². The van der Waals surface area contributed by atoms with E-state index in [1.807, 2.05) is 0 Å². The van der Waals surface area contributed by atoms with Crippen LogP contribution in [0.3, 0.4) is 0 Å². The molecule has 0 aliphatic rings. The summed E-state index contributed by atoms with van der Waals surface area (Å²) in [6, 6.07) is 20.0. The quantitative estimate of drug-likeness (QED) is 0.164. The van der Waals surface area contributed by atoms with Crippen LogP contribution in [0, 0.1) is 11.3 Å². The number of nitrogens with two attached hydrogens (primary N) is 2. The van der Waals surface area contributed by atoms with E-state index in [1.54, 1.807) is 86.6 Å². The fourth-order valence-corrected chi connectivity index (χ4v) is 3.96. The number of nitrogens with one attached hydrogen (secondary N) is 4. The molecule has 1 unspecified atom stereocenters. The zero-order valence-corrected chi connectivity index (χ0v) is 21.7. The van der Waals surface area contributed by atoms with Crippen LogP contribution in [0.25, 0.3) is 0 Å². The van der Waals surface area contributed by atoms with Crippen LogP contribution < -0.4 is 27.4 Å². The summed E-state index contributed by atoms with van der Waals surface area (Å²) in [5, 5.41) is 15.7. The van der Waals surface area contributed by atoms with Gasteiger partial charge in [-0.2, -0.15) is 0 Å². The van der Waals surface area contributed by atoms with E-state index >= 15 is 0 Å². The Morgan fingerprint density at radius 1 is 0.667 bits per heavy atom. The third kappa shape index (κ3) is 7.51. The summed E-state index contributed by atoms with van der Waals surface area (Å²) >= 11 is 0. The predicted octanol–water partition coefficient (Wildman–Crippen LogP) is 1.93. The number of carbonyl (C=O) groups excluding carboxylic acids is 4. The lowest BCUT2D eigenvalue weighted by Gasteiger charge is -2.26. The van der Waals surface area contributed by atoms with E-state index in [0.717, 1.165) is 0 Å². The lowest BCUT2D eigenvalue weighted by molar-refractivity contribution is -0.132. The van der Waals surface area contributed by atoms with Gasteiger partial charge in [0.2, 0.25) is 17.7 Å². The van der Waals surface area contributed by atoms with Crippen molar-refractivity contribution in [2.24, 2.45) is 17.4 Å². The van der Waals surface area contributed by atoms with Crippen molar-refractivity contribution < 1.29 is 19.2 Å². The average Bonchev–Trinajstić information content (AvgIpc) is 2.93. The number of rotatable bonds is 11. The summed E-state index contributed by atoms with van der Waals surface area (Å²) in [6.45, 7) is 3.49. The predicted molar refractivity (Wildman–Crippen MR) is 147 cm³/mol. The second kappa shape index (κ2) is 13.0. The maximum absolute atomic E-state index is 13.7. The van der Waals surface area contributed by atoms with Gasteiger partial charge < -0.3 is 27.4 Å². The fourth-order valence-electron chi connectivity index (χ4n) is 3.96. The molecule has 4 amide bonds. The number of benzene rings is 3. The van der Waals surface area contributed by atoms with Crippen molar-refractivity contribution in [1.29, 1.82) is 5.41 Å². The highest BCUT2D eigenvalue weighted by Crippen LogP contribution is 2.19. The van der Waals surface area contributed by atoms with Crippen molar-refractivity contribution in [3.05, 3.63) is 107 Å². The van der Waals surface area contributed by atoms with Crippen molar-refractivity contribution in [1.82, 2.24) is 16.0 Å². The van der Waals surface area contributed by atoms with Crippen LogP contribution in [0.15, 0.2) is 84.9 Å². The van der Waals surface area contributed by atoms with Crippen molar-refractivity contribution in [2.45, 2.75) is 32.0 Å². The number of amides is 4. The monoisotopic (exact) mass is 528 g/mol. The van der Waals surface area contributed by atoms with E-state index in [9.17, 15) is 19.2 Å². The molecule has 0 aliphatic carbocycles. The highest BCUT2D eigenvalue weighted by Gasteiger charge is 2.31. The van der Waals surface area contributed by atoms with Crippen LogP contribution in [-0.4, -0.2) is 35.5 Å². The fraction of sp³-hybridized carbons (Fsp3) is 0.207. The second-order valence-corrected chi connectivity index (χ2v) is 9.30. The van der Waals surface area contributed by atoms with E-state index in [1.165, 1.54) is 12.1 Å². The molecule has 0 spiro atoms. The van der Waals surface area contributed by atoms with Crippen LogP contribution >= 0.6 is 0 Å². The zero-order chi connectivity index (χ0) is 28.5. The number of amidine groups is 1. The summed E-state index contributed by atoms with van der Waals surface area (Å²) in [5.41, 5.74) is 12.6. The smallest absolute Gasteiger partial charge is 0.252 e. The van der Waals surface area contributed by atoms with Gasteiger partial charge in [-0.25, -0.2) is 0 Å². The minimum Gasteiger partial charge on any atom is -0.384 e. The highest BCUT2D eigenvalue weighted by molar-refractivity contribution is 6.02. The van der Waals surface area contributed by atoms with Gasteiger partial charge in [-0.05, 0) is 29.2 Å².